The number of carbonyl (C=O) groups excluding carboxylic acids is 2. The molecule has 114 valence electrons. The van der Waals surface area contributed by atoms with E-state index in [1.54, 1.807) is 20.8 Å². The molecule has 0 aromatic heterocycles. The Bertz CT molecular complexity index is 403. The molecule has 1 aliphatic rings. The van der Waals surface area contributed by atoms with Crippen molar-refractivity contribution in [3.05, 3.63) is 0 Å². The number of likely N-dealkylation sites (tertiary alicyclic amines) is 1. The van der Waals surface area contributed by atoms with Crippen molar-refractivity contribution in [2.24, 2.45) is 11.7 Å². The molecule has 0 aromatic carbocycles. The highest BCUT2D eigenvalue weighted by Gasteiger charge is 2.34. The summed E-state index contributed by atoms with van der Waals surface area (Å²) in [7, 11) is 0. The Balaban J connectivity index is 2.83. The molecule has 1 aliphatic heterocycles. The van der Waals surface area contributed by atoms with Crippen molar-refractivity contribution in [3.8, 4) is 0 Å². The SMILES string of the molecule is CC(C)(C)N(CC(=O)O)C(=O)N1CCCC(C(N)=O)C1. The van der Waals surface area contributed by atoms with Crippen molar-refractivity contribution in [3.63, 3.8) is 0 Å². The van der Waals surface area contributed by atoms with Gasteiger partial charge in [-0.2, -0.15) is 0 Å². The molecule has 1 heterocycles. The number of hydrogen-bond acceptors (Lipinski definition) is 3. The summed E-state index contributed by atoms with van der Waals surface area (Å²) >= 11 is 0. The molecular formula is C13H23N3O4. The maximum atomic E-state index is 12.5. The van der Waals surface area contributed by atoms with Crippen molar-refractivity contribution in [1.29, 1.82) is 0 Å². The Kier molecular flexibility index (Phi) is 4.97. The molecule has 0 saturated carbocycles. The van der Waals surface area contributed by atoms with Crippen LogP contribution in [0.1, 0.15) is 33.6 Å². The number of carboxylic acids is 1. The van der Waals surface area contributed by atoms with Crippen LogP contribution in [0.4, 0.5) is 4.79 Å². The molecule has 1 fully saturated rings. The third kappa shape index (κ3) is 4.11. The highest BCUT2D eigenvalue weighted by molar-refractivity contribution is 5.82. The fourth-order valence-corrected chi connectivity index (χ4v) is 2.28. The number of nitrogens with zero attached hydrogens (tertiary/aromatic N) is 2. The lowest BCUT2D eigenvalue weighted by Crippen LogP contribution is -2.56. The van der Waals surface area contributed by atoms with E-state index in [9.17, 15) is 14.4 Å². The summed E-state index contributed by atoms with van der Waals surface area (Å²) in [5.74, 6) is -1.82. The number of aliphatic carboxylic acids is 1. The van der Waals surface area contributed by atoms with E-state index < -0.39 is 17.4 Å². The van der Waals surface area contributed by atoms with Gasteiger partial charge in [-0.05, 0) is 33.6 Å². The number of primary amides is 1. The standard InChI is InChI=1S/C13H23N3O4/c1-13(2,3)16(8-10(17)18)12(20)15-6-4-5-9(7-15)11(14)19/h9H,4-8H2,1-3H3,(H2,14,19)(H,17,18). The number of piperidine rings is 1. The quantitative estimate of drug-likeness (QED) is 0.787. The molecule has 7 nitrogen and oxygen atoms in total. The minimum absolute atomic E-state index is 0.264. The molecule has 1 atom stereocenters. The van der Waals surface area contributed by atoms with Crippen LogP contribution in [-0.2, 0) is 9.59 Å². The Morgan fingerprint density at radius 2 is 1.95 bits per heavy atom. The molecule has 0 bridgehead atoms. The Morgan fingerprint density at radius 1 is 1.35 bits per heavy atom. The summed E-state index contributed by atoms with van der Waals surface area (Å²) in [6, 6.07) is -0.356. The lowest BCUT2D eigenvalue weighted by molar-refractivity contribution is -0.139. The number of rotatable bonds is 3. The lowest BCUT2D eigenvalue weighted by atomic mass is 9.97. The first kappa shape index (κ1) is 16.3. The van der Waals surface area contributed by atoms with Crippen LogP contribution in [-0.4, -0.2) is 58.0 Å². The van der Waals surface area contributed by atoms with E-state index in [0.29, 0.717) is 19.4 Å². The number of carbonyl (C=O) groups is 3. The Morgan fingerprint density at radius 3 is 2.40 bits per heavy atom. The van der Waals surface area contributed by atoms with Gasteiger partial charge in [0.15, 0.2) is 0 Å². The van der Waals surface area contributed by atoms with Gasteiger partial charge >= 0.3 is 12.0 Å². The van der Waals surface area contributed by atoms with Gasteiger partial charge < -0.3 is 20.6 Å². The topological polar surface area (TPSA) is 104 Å². The van der Waals surface area contributed by atoms with E-state index in [1.807, 2.05) is 0 Å². The number of carboxylic acid groups (broad SMARTS) is 1. The summed E-state index contributed by atoms with van der Waals surface area (Å²) in [5.41, 5.74) is 4.69. The van der Waals surface area contributed by atoms with Crippen LogP contribution in [0.2, 0.25) is 0 Å². The third-order valence-electron chi connectivity index (χ3n) is 3.43. The second-order valence-corrected chi connectivity index (χ2v) is 6.12. The van der Waals surface area contributed by atoms with Crippen LogP contribution in [0.3, 0.4) is 0 Å². The normalized spacial score (nSPS) is 19.6. The van der Waals surface area contributed by atoms with Crippen LogP contribution in [0, 0.1) is 5.92 Å². The average molecular weight is 285 g/mol. The Labute approximate surface area is 118 Å². The van der Waals surface area contributed by atoms with E-state index in [-0.39, 0.29) is 25.0 Å². The van der Waals surface area contributed by atoms with E-state index >= 15 is 0 Å². The molecule has 0 radical (unpaired) electrons. The zero-order valence-corrected chi connectivity index (χ0v) is 12.3. The van der Waals surface area contributed by atoms with Gasteiger partial charge in [-0.25, -0.2) is 4.79 Å². The van der Waals surface area contributed by atoms with Crippen molar-refractivity contribution in [2.45, 2.75) is 39.2 Å². The molecule has 1 rings (SSSR count). The van der Waals surface area contributed by atoms with Gasteiger partial charge in [0.2, 0.25) is 5.91 Å². The van der Waals surface area contributed by atoms with Crippen LogP contribution < -0.4 is 5.73 Å². The van der Waals surface area contributed by atoms with Crippen LogP contribution >= 0.6 is 0 Å². The number of amides is 3. The molecule has 20 heavy (non-hydrogen) atoms. The molecule has 0 spiro atoms. The summed E-state index contributed by atoms with van der Waals surface area (Å²) in [6.45, 7) is 5.77. The third-order valence-corrected chi connectivity index (χ3v) is 3.43. The number of hydrogen-bond donors (Lipinski definition) is 2. The minimum atomic E-state index is -1.06. The predicted octanol–water partition coefficient (Wildman–Crippen LogP) is 0.489. The van der Waals surface area contributed by atoms with Gasteiger partial charge in [-0.1, -0.05) is 0 Å². The van der Waals surface area contributed by atoms with E-state index in [4.69, 9.17) is 10.8 Å². The van der Waals surface area contributed by atoms with Crippen LogP contribution in [0.15, 0.2) is 0 Å². The monoisotopic (exact) mass is 285 g/mol. The van der Waals surface area contributed by atoms with E-state index in [0.717, 1.165) is 0 Å². The summed E-state index contributed by atoms with van der Waals surface area (Å²) in [6.07, 6.45) is 1.37. The highest BCUT2D eigenvalue weighted by Crippen LogP contribution is 2.21. The fraction of sp³-hybridized carbons (Fsp3) is 0.769. The first-order valence-electron chi connectivity index (χ1n) is 6.70. The van der Waals surface area contributed by atoms with Gasteiger partial charge in [-0.15, -0.1) is 0 Å². The molecule has 1 unspecified atom stereocenters. The molecular weight excluding hydrogens is 262 g/mol. The van der Waals surface area contributed by atoms with Crippen molar-refractivity contribution >= 4 is 17.9 Å². The van der Waals surface area contributed by atoms with Gasteiger partial charge in [-0.3, -0.25) is 9.59 Å². The molecule has 1 saturated heterocycles. The van der Waals surface area contributed by atoms with Crippen molar-refractivity contribution in [1.82, 2.24) is 9.80 Å². The van der Waals surface area contributed by atoms with Crippen molar-refractivity contribution < 1.29 is 19.5 Å². The summed E-state index contributed by atoms with van der Waals surface area (Å²) < 4.78 is 0. The summed E-state index contributed by atoms with van der Waals surface area (Å²) in [5, 5.41) is 8.95. The Hall–Kier alpha value is -1.79. The molecule has 3 N–H and O–H groups in total. The van der Waals surface area contributed by atoms with Gasteiger partial charge in [0.1, 0.15) is 6.54 Å². The number of urea groups is 1. The molecule has 0 aliphatic carbocycles. The predicted molar refractivity (Wildman–Crippen MR) is 73.0 cm³/mol. The largest absolute Gasteiger partial charge is 0.480 e. The zero-order chi connectivity index (χ0) is 15.5. The highest BCUT2D eigenvalue weighted by atomic mass is 16.4. The summed E-state index contributed by atoms with van der Waals surface area (Å²) in [4.78, 5) is 37.5. The fourth-order valence-electron chi connectivity index (χ4n) is 2.28. The molecule has 0 aromatic rings. The van der Waals surface area contributed by atoms with Crippen LogP contribution in [0.25, 0.3) is 0 Å². The van der Waals surface area contributed by atoms with Gasteiger partial charge in [0.05, 0.1) is 5.92 Å². The maximum absolute atomic E-state index is 12.5. The first-order valence-corrected chi connectivity index (χ1v) is 6.70. The van der Waals surface area contributed by atoms with Gasteiger partial charge in [0, 0.05) is 18.6 Å². The second kappa shape index (κ2) is 6.11. The maximum Gasteiger partial charge on any atom is 0.323 e. The van der Waals surface area contributed by atoms with E-state index in [2.05, 4.69) is 0 Å². The van der Waals surface area contributed by atoms with Crippen molar-refractivity contribution in [2.75, 3.05) is 19.6 Å². The molecule has 3 amide bonds. The minimum Gasteiger partial charge on any atom is -0.480 e. The second-order valence-electron chi connectivity index (χ2n) is 6.12. The van der Waals surface area contributed by atoms with Crippen LogP contribution in [0.5, 0.6) is 0 Å². The number of nitrogens with two attached hydrogens (primary N) is 1. The smallest absolute Gasteiger partial charge is 0.323 e. The lowest BCUT2D eigenvalue weighted by Gasteiger charge is -2.40. The van der Waals surface area contributed by atoms with Gasteiger partial charge in [0.25, 0.3) is 0 Å². The van der Waals surface area contributed by atoms with E-state index in [1.165, 1.54) is 9.80 Å². The first-order chi connectivity index (χ1) is 9.12. The zero-order valence-electron chi connectivity index (χ0n) is 12.3. The molecule has 7 heteroatoms. The average Bonchev–Trinajstić information content (AvgIpc) is 2.33.